The zero-order valence-electron chi connectivity index (χ0n) is 9.54. The van der Waals surface area contributed by atoms with Gasteiger partial charge in [0.15, 0.2) is 5.75 Å². The molecule has 0 aromatic heterocycles. The van der Waals surface area contributed by atoms with Crippen molar-refractivity contribution in [3.05, 3.63) is 53.8 Å². The molecule has 0 saturated heterocycles. The van der Waals surface area contributed by atoms with E-state index in [-0.39, 0.29) is 17.2 Å². The number of para-hydroxylation sites is 1. The number of nitrogens with two attached hydrogens (primary N) is 1. The quantitative estimate of drug-likeness (QED) is 0.655. The number of anilines is 1. The van der Waals surface area contributed by atoms with E-state index in [9.17, 15) is 17.6 Å². The number of ether oxygens (including phenoxy) is 1. The molecule has 0 aliphatic carbocycles. The average molecular weight is 271 g/mol. The van der Waals surface area contributed by atoms with Crippen LogP contribution in [-0.4, -0.2) is 0 Å². The summed E-state index contributed by atoms with van der Waals surface area (Å²) in [6.07, 6.45) is -4.47. The first-order valence-corrected chi connectivity index (χ1v) is 5.27. The number of nitrogen functional groups attached to an aromatic ring is 1. The molecule has 0 amide bonds. The summed E-state index contributed by atoms with van der Waals surface area (Å²) in [5.41, 5.74) is 4.33. The van der Waals surface area contributed by atoms with E-state index in [0.29, 0.717) is 0 Å². The van der Waals surface area contributed by atoms with Gasteiger partial charge >= 0.3 is 6.18 Å². The summed E-state index contributed by atoms with van der Waals surface area (Å²) in [5.74, 6) is -0.782. The number of benzene rings is 2. The smallest absolute Gasteiger partial charge is 0.416 e. The van der Waals surface area contributed by atoms with Crippen LogP contribution in [0.25, 0.3) is 0 Å². The summed E-state index contributed by atoms with van der Waals surface area (Å²) in [5, 5.41) is 0. The minimum atomic E-state index is -4.47. The van der Waals surface area contributed by atoms with Crippen molar-refractivity contribution in [2.45, 2.75) is 6.18 Å². The maximum Gasteiger partial charge on any atom is 0.416 e. The highest BCUT2D eigenvalue weighted by Crippen LogP contribution is 2.34. The molecule has 0 heterocycles. The molecular weight excluding hydrogens is 262 g/mol. The van der Waals surface area contributed by atoms with Crippen LogP contribution in [0.3, 0.4) is 0 Å². The molecule has 0 radical (unpaired) electrons. The fourth-order valence-corrected chi connectivity index (χ4v) is 1.47. The third-order valence-corrected chi connectivity index (χ3v) is 2.40. The molecular formula is C13H9F4NO. The maximum absolute atomic E-state index is 13.2. The Morgan fingerprint density at radius 3 is 2.37 bits per heavy atom. The van der Waals surface area contributed by atoms with Crippen LogP contribution in [0, 0.1) is 5.82 Å². The van der Waals surface area contributed by atoms with Gasteiger partial charge in [-0.15, -0.1) is 0 Å². The molecule has 0 fully saturated rings. The standard InChI is InChI=1S/C13H9F4NO/c14-10-5-2-6-11(12(10)18)19-9-4-1-3-8(7-9)13(15,16)17/h1-7H,18H2. The number of hydrogen-bond donors (Lipinski definition) is 1. The van der Waals surface area contributed by atoms with Crippen molar-refractivity contribution in [3.63, 3.8) is 0 Å². The predicted molar refractivity (Wildman–Crippen MR) is 62.3 cm³/mol. The van der Waals surface area contributed by atoms with E-state index in [0.717, 1.165) is 18.2 Å². The van der Waals surface area contributed by atoms with Crippen LogP contribution in [0.15, 0.2) is 42.5 Å². The summed E-state index contributed by atoms with van der Waals surface area (Å²) in [6, 6.07) is 8.14. The van der Waals surface area contributed by atoms with Gasteiger partial charge in [0.2, 0.25) is 0 Å². The number of rotatable bonds is 2. The minimum absolute atomic E-state index is 0.0284. The molecule has 2 rings (SSSR count). The Kier molecular flexibility index (Phi) is 3.33. The third kappa shape index (κ3) is 2.96. The fourth-order valence-electron chi connectivity index (χ4n) is 1.47. The Morgan fingerprint density at radius 1 is 1.00 bits per heavy atom. The molecule has 2 aromatic rings. The molecule has 19 heavy (non-hydrogen) atoms. The van der Waals surface area contributed by atoms with Gasteiger partial charge in [0.25, 0.3) is 0 Å². The van der Waals surface area contributed by atoms with Crippen molar-refractivity contribution >= 4 is 5.69 Å². The first-order valence-electron chi connectivity index (χ1n) is 5.27. The van der Waals surface area contributed by atoms with Gasteiger partial charge in [-0.1, -0.05) is 12.1 Å². The topological polar surface area (TPSA) is 35.2 Å². The van der Waals surface area contributed by atoms with Crippen molar-refractivity contribution < 1.29 is 22.3 Å². The van der Waals surface area contributed by atoms with Gasteiger partial charge in [-0.2, -0.15) is 13.2 Å². The van der Waals surface area contributed by atoms with Crippen LogP contribution in [-0.2, 0) is 6.18 Å². The van der Waals surface area contributed by atoms with E-state index < -0.39 is 17.6 Å². The molecule has 100 valence electrons. The Labute approximate surface area is 106 Å². The first-order chi connectivity index (χ1) is 8.88. The van der Waals surface area contributed by atoms with E-state index in [1.165, 1.54) is 24.3 Å². The summed E-state index contributed by atoms with van der Waals surface area (Å²) in [4.78, 5) is 0. The normalized spacial score (nSPS) is 11.4. The van der Waals surface area contributed by atoms with E-state index in [1.807, 2.05) is 0 Å². The molecule has 6 heteroatoms. The van der Waals surface area contributed by atoms with E-state index in [1.54, 1.807) is 0 Å². The Balaban J connectivity index is 2.31. The lowest BCUT2D eigenvalue weighted by atomic mass is 10.2. The monoisotopic (exact) mass is 271 g/mol. The van der Waals surface area contributed by atoms with Gasteiger partial charge in [-0.05, 0) is 30.3 Å². The zero-order chi connectivity index (χ0) is 14.0. The van der Waals surface area contributed by atoms with Gasteiger partial charge < -0.3 is 10.5 Å². The summed E-state index contributed by atoms with van der Waals surface area (Å²) < 4.78 is 55.9. The third-order valence-electron chi connectivity index (χ3n) is 2.40. The van der Waals surface area contributed by atoms with Gasteiger partial charge in [0, 0.05) is 0 Å². The number of hydrogen-bond acceptors (Lipinski definition) is 2. The molecule has 0 spiro atoms. The summed E-state index contributed by atoms with van der Waals surface area (Å²) in [6.45, 7) is 0. The van der Waals surface area contributed by atoms with Crippen molar-refractivity contribution in [2.24, 2.45) is 0 Å². The first kappa shape index (κ1) is 13.2. The van der Waals surface area contributed by atoms with Crippen molar-refractivity contribution in [3.8, 4) is 11.5 Å². The van der Waals surface area contributed by atoms with Crippen LogP contribution >= 0.6 is 0 Å². The van der Waals surface area contributed by atoms with E-state index in [2.05, 4.69) is 0 Å². The molecule has 0 atom stereocenters. The SMILES string of the molecule is Nc1c(F)cccc1Oc1cccc(C(F)(F)F)c1. The second kappa shape index (κ2) is 4.79. The van der Waals surface area contributed by atoms with Crippen LogP contribution < -0.4 is 10.5 Å². The highest BCUT2D eigenvalue weighted by atomic mass is 19.4. The van der Waals surface area contributed by atoms with Crippen molar-refractivity contribution in [1.29, 1.82) is 0 Å². The highest BCUT2D eigenvalue weighted by Gasteiger charge is 2.30. The second-order valence-corrected chi connectivity index (χ2v) is 3.78. The molecule has 0 unspecified atom stereocenters. The zero-order valence-corrected chi connectivity index (χ0v) is 9.54. The Morgan fingerprint density at radius 2 is 1.68 bits per heavy atom. The maximum atomic E-state index is 13.2. The van der Waals surface area contributed by atoms with Crippen LogP contribution in [0.2, 0.25) is 0 Å². The molecule has 0 bridgehead atoms. The lowest BCUT2D eigenvalue weighted by Crippen LogP contribution is -2.04. The van der Waals surface area contributed by atoms with Gasteiger partial charge in [0.05, 0.1) is 5.56 Å². The highest BCUT2D eigenvalue weighted by molar-refractivity contribution is 5.54. The molecule has 0 aliphatic heterocycles. The molecule has 2 nitrogen and oxygen atoms in total. The number of halogens is 4. The Bertz CT molecular complexity index is 595. The van der Waals surface area contributed by atoms with Gasteiger partial charge in [-0.25, -0.2) is 4.39 Å². The minimum Gasteiger partial charge on any atom is -0.455 e. The molecule has 2 N–H and O–H groups in total. The second-order valence-electron chi connectivity index (χ2n) is 3.78. The summed E-state index contributed by atoms with van der Waals surface area (Å²) >= 11 is 0. The predicted octanol–water partition coefficient (Wildman–Crippen LogP) is 4.22. The molecule has 0 aliphatic rings. The van der Waals surface area contributed by atoms with Crippen LogP contribution in [0.5, 0.6) is 11.5 Å². The molecule has 2 aromatic carbocycles. The van der Waals surface area contributed by atoms with Crippen LogP contribution in [0.4, 0.5) is 23.2 Å². The fraction of sp³-hybridized carbons (Fsp3) is 0.0769. The largest absolute Gasteiger partial charge is 0.455 e. The lowest BCUT2D eigenvalue weighted by Gasteiger charge is -2.11. The lowest BCUT2D eigenvalue weighted by molar-refractivity contribution is -0.137. The van der Waals surface area contributed by atoms with Crippen molar-refractivity contribution in [1.82, 2.24) is 0 Å². The summed E-state index contributed by atoms with van der Waals surface area (Å²) in [7, 11) is 0. The van der Waals surface area contributed by atoms with E-state index in [4.69, 9.17) is 10.5 Å². The van der Waals surface area contributed by atoms with Crippen molar-refractivity contribution in [2.75, 3.05) is 5.73 Å². The average Bonchev–Trinajstić information content (AvgIpc) is 2.34. The van der Waals surface area contributed by atoms with Gasteiger partial charge in [0.1, 0.15) is 17.3 Å². The molecule has 0 saturated carbocycles. The Hall–Kier alpha value is -2.24. The van der Waals surface area contributed by atoms with Crippen LogP contribution in [0.1, 0.15) is 5.56 Å². The van der Waals surface area contributed by atoms with E-state index >= 15 is 0 Å². The number of alkyl halides is 3. The van der Waals surface area contributed by atoms with Gasteiger partial charge in [-0.3, -0.25) is 0 Å².